The van der Waals surface area contributed by atoms with E-state index in [-0.39, 0.29) is 0 Å². The molecule has 2 aromatic carbocycles. The lowest BCUT2D eigenvalue weighted by Gasteiger charge is -2.32. The summed E-state index contributed by atoms with van der Waals surface area (Å²) in [6.07, 6.45) is 4.99. The molecular weight excluding hydrogens is 368 g/mol. The van der Waals surface area contributed by atoms with Crippen molar-refractivity contribution in [3.05, 3.63) is 65.7 Å². The minimum atomic E-state index is -3.11. The number of piperidine rings is 1. The van der Waals surface area contributed by atoms with Crippen LogP contribution in [0.25, 0.3) is 0 Å². The lowest BCUT2D eigenvalue weighted by atomic mass is 9.96. The molecule has 2 fully saturated rings. The van der Waals surface area contributed by atoms with Gasteiger partial charge in [0.15, 0.2) is 9.84 Å². The van der Waals surface area contributed by atoms with Gasteiger partial charge in [0, 0.05) is 24.8 Å². The molecule has 4 rings (SSSR count). The fourth-order valence-electron chi connectivity index (χ4n) is 4.26. The van der Waals surface area contributed by atoms with E-state index < -0.39 is 9.84 Å². The molecule has 1 N–H and O–H groups in total. The van der Waals surface area contributed by atoms with Crippen molar-refractivity contribution >= 4 is 9.84 Å². The lowest BCUT2D eigenvalue weighted by Crippen LogP contribution is -2.37. The second kappa shape index (κ2) is 8.36. The van der Waals surface area contributed by atoms with E-state index in [0.29, 0.717) is 16.9 Å². The Morgan fingerprint density at radius 2 is 1.68 bits per heavy atom. The zero-order chi connectivity index (χ0) is 19.6. The average molecular weight is 399 g/mol. The Labute approximate surface area is 168 Å². The third kappa shape index (κ3) is 5.02. The third-order valence-electron chi connectivity index (χ3n) is 6.15. The van der Waals surface area contributed by atoms with Gasteiger partial charge in [-0.15, -0.1) is 0 Å². The van der Waals surface area contributed by atoms with Gasteiger partial charge in [-0.2, -0.15) is 0 Å². The van der Waals surface area contributed by atoms with Crippen molar-refractivity contribution in [1.29, 1.82) is 0 Å². The predicted octanol–water partition coefficient (Wildman–Crippen LogP) is 3.45. The van der Waals surface area contributed by atoms with Crippen molar-refractivity contribution in [2.45, 2.75) is 42.7 Å². The van der Waals surface area contributed by atoms with Gasteiger partial charge in [0.05, 0.1) is 4.90 Å². The fourth-order valence-corrected chi connectivity index (χ4v) is 4.89. The van der Waals surface area contributed by atoms with Gasteiger partial charge in [0.25, 0.3) is 0 Å². The van der Waals surface area contributed by atoms with Gasteiger partial charge in [-0.3, -0.25) is 4.90 Å². The summed E-state index contributed by atoms with van der Waals surface area (Å²) >= 11 is 0. The molecule has 28 heavy (non-hydrogen) atoms. The van der Waals surface area contributed by atoms with Gasteiger partial charge in [-0.05, 0) is 68.1 Å². The Morgan fingerprint density at radius 3 is 2.32 bits per heavy atom. The topological polar surface area (TPSA) is 49.4 Å². The van der Waals surface area contributed by atoms with Crippen LogP contribution in [0.15, 0.2) is 59.5 Å². The highest BCUT2D eigenvalue weighted by Gasteiger charge is 2.38. The summed E-state index contributed by atoms with van der Waals surface area (Å²) in [6.45, 7) is 4.27. The first-order chi connectivity index (χ1) is 13.5. The summed E-state index contributed by atoms with van der Waals surface area (Å²) in [7, 11) is -3.11. The molecule has 1 aliphatic heterocycles. The molecule has 1 saturated heterocycles. The third-order valence-corrected chi connectivity index (χ3v) is 7.28. The number of rotatable bonds is 7. The molecule has 0 radical (unpaired) electrons. The normalized spacial score (nSPS) is 23.6. The maximum Gasteiger partial charge on any atom is 0.175 e. The second-order valence-electron chi connectivity index (χ2n) is 8.40. The van der Waals surface area contributed by atoms with Crippen molar-refractivity contribution in [3.63, 3.8) is 0 Å². The number of nitrogens with zero attached hydrogens (tertiary/aromatic N) is 1. The SMILES string of the molecule is CS(=O)(=O)c1ccc(CN2CCC(CNC3C[C@H]3c3ccccc3)CC2)cc1. The van der Waals surface area contributed by atoms with Crippen LogP contribution in [0.3, 0.4) is 0 Å². The molecule has 0 amide bonds. The predicted molar refractivity (Wildman–Crippen MR) is 113 cm³/mol. The largest absolute Gasteiger partial charge is 0.313 e. The summed E-state index contributed by atoms with van der Waals surface area (Å²) in [5.41, 5.74) is 2.66. The molecule has 0 aromatic heterocycles. The molecule has 1 unspecified atom stereocenters. The minimum Gasteiger partial charge on any atom is -0.313 e. The van der Waals surface area contributed by atoms with Crippen LogP contribution in [0, 0.1) is 5.92 Å². The summed E-state index contributed by atoms with van der Waals surface area (Å²) in [5, 5.41) is 3.78. The van der Waals surface area contributed by atoms with E-state index in [4.69, 9.17) is 0 Å². The quantitative estimate of drug-likeness (QED) is 0.776. The Hall–Kier alpha value is -1.69. The van der Waals surface area contributed by atoms with Crippen LogP contribution in [0.1, 0.15) is 36.3 Å². The summed E-state index contributed by atoms with van der Waals surface area (Å²) < 4.78 is 23.1. The van der Waals surface area contributed by atoms with Crippen molar-refractivity contribution in [3.8, 4) is 0 Å². The van der Waals surface area contributed by atoms with Gasteiger partial charge < -0.3 is 5.32 Å². The summed E-state index contributed by atoms with van der Waals surface area (Å²) in [5.74, 6) is 1.47. The van der Waals surface area contributed by atoms with E-state index in [1.165, 1.54) is 36.6 Å². The van der Waals surface area contributed by atoms with Crippen LogP contribution in [-0.4, -0.2) is 45.2 Å². The lowest BCUT2D eigenvalue weighted by molar-refractivity contribution is 0.175. The van der Waals surface area contributed by atoms with E-state index in [1.807, 2.05) is 12.1 Å². The van der Waals surface area contributed by atoms with Crippen LogP contribution in [0.2, 0.25) is 0 Å². The fraction of sp³-hybridized carbons (Fsp3) is 0.478. The number of nitrogens with one attached hydrogen (secondary N) is 1. The highest BCUT2D eigenvalue weighted by Crippen LogP contribution is 2.40. The summed E-state index contributed by atoms with van der Waals surface area (Å²) in [4.78, 5) is 2.88. The molecule has 1 aliphatic carbocycles. The molecule has 150 valence electrons. The van der Waals surface area contributed by atoms with Crippen LogP contribution in [0.4, 0.5) is 0 Å². The smallest absolute Gasteiger partial charge is 0.175 e. The molecule has 5 heteroatoms. The number of likely N-dealkylation sites (tertiary alicyclic amines) is 1. The van der Waals surface area contributed by atoms with Crippen molar-refractivity contribution in [2.75, 3.05) is 25.9 Å². The standard InChI is InChI=1S/C23H30N2O2S/c1-28(26,27)21-9-7-19(8-10-21)17-25-13-11-18(12-14-25)16-24-23-15-22(23)20-5-3-2-4-6-20/h2-10,18,22-24H,11-17H2,1H3/t22-,23?/m0/s1. The molecular formula is C23H30N2O2S. The van der Waals surface area contributed by atoms with E-state index >= 15 is 0 Å². The average Bonchev–Trinajstić information content (AvgIpc) is 3.48. The number of hydrogen-bond donors (Lipinski definition) is 1. The van der Waals surface area contributed by atoms with E-state index in [2.05, 4.69) is 40.5 Å². The zero-order valence-corrected chi connectivity index (χ0v) is 17.4. The number of sulfone groups is 1. The second-order valence-corrected chi connectivity index (χ2v) is 10.4. The van der Waals surface area contributed by atoms with Crippen LogP contribution < -0.4 is 5.32 Å². The Bertz CT molecular complexity index is 873. The van der Waals surface area contributed by atoms with Crippen LogP contribution >= 0.6 is 0 Å². The summed E-state index contributed by atoms with van der Waals surface area (Å²) in [6, 6.07) is 18.8. The Morgan fingerprint density at radius 1 is 1.00 bits per heavy atom. The Balaban J connectivity index is 1.18. The molecule has 2 aliphatic rings. The van der Waals surface area contributed by atoms with Gasteiger partial charge >= 0.3 is 0 Å². The first-order valence-electron chi connectivity index (χ1n) is 10.3. The van der Waals surface area contributed by atoms with Crippen LogP contribution in [0.5, 0.6) is 0 Å². The maximum absolute atomic E-state index is 11.6. The molecule has 0 bridgehead atoms. The number of benzene rings is 2. The molecule has 2 aromatic rings. The molecule has 0 spiro atoms. The van der Waals surface area contributed by atoms with Crippen LogP contribution in [-0.2, 0) is 16.4 Å². The first kappa shape index (κ1) is 19.6. The first-order valence-corrected chi connectivity index (χ1v) is 12.2. The molecule has 2 atom stereocenters. The van der Waals surface area contributed by atoms with Gasteiger partial charge in [-0.1, -0.05) is 42.5 Å². The minimum absolute atomic E-state index is 0.398. The highest BCUT2D eigenvalue weighted by atomic mass is 32.2. The monoisotopic (exact) mass is 398 g/mol. The molecule has 4 nitrogen and oxygen atoms in total. The Kier molecular flexibility index (Phi) is 5.85. The molecule has 1 heterocycles. The van der Waals surface area contributed by atoms with E-state index in [9.17, 15) is 8.42 Å². The van der Waals surface area contributed by atoms with Crippen molar-refractivity contribution in [1.82, 2.24) is 10.2 Å². The molecule has 1 saturated carbocycles. The van der Waals surface area contributed by atoms with Crippen molar-refractivity contribution < 1.29 is 8.42 Å². The van der Waals surface area contributed by atoms with Gasteiger partial charge in [0.1, 0.15) is 0 Å². The van der Waals surface area contributed by atoms with Gasteiger partial charge in [0.2, 0.25) is 0 Å². The zero-order valence-electron chi connectivity index (χ0n) is 16.5. The van der Waals surface area contributed by atoms with E-state index in [1.54, 1.807) is 12.1 Å². The van der Waals surface area contributed by atoms with Crippen molar-refractivity contribution in [2.24, 2.45) is 5.92 Å². The highest BCUT2D eigenvalue weighted by molar-refractivity contribution is 7.90. The number of hydrogen-bond acceptors (Lipinski definition) is 4. The van der Waals surface area contributed by atoms with Gasteiger partial charge in [-0.25, -0.2) is 8.42 Å². The maximum atomic E-state index is 11.6. The van der Waals surface area contributed by atoms with E-state index in [0.717, 1.165) is 32.1 Å².